The maximum absolute atomic E-state index is 11.4. The van der Waals surface area contributed by atoms with Crippen LogP contribution in [0.2, 0.25) is 0 Å². The summed E-state index contributed by atoms with van der Waals surface area (Å²) >= 11 is 0. The van der Waals surface area contributed by atoms with Gasteiger partial charge in [0.05, 0.1) is 0 Å². The summed E-state index contributed by atoms with van der Waals surface area (Å²) in [6, 6.07) is 9.27. The molecule has 7 nitrogen and oxygen atoms in total. The molecular formula is C16H16N6O. The van der Waals surface area contributed by atoms with E-state index >= 15 is 0 Å². The third-order valence-corrected chi connectivity index (χ3v) is 3.18. The minimum absolute atomic E-state index is 0.00789. The highest BCUT2D eigenvalue weighted by atomic mass is 16.1. The smallest absolute Gasteiger partial charge is 0.224 e. The van der Waals surface area contributed by atoms with Gasteiger partial charge in [-0.2, -0.15) is 0 Å². The van der Waals surface area contributed by atoms with Gasteiger partial charge in [0, 0.05) is 36.3 Å². The van der Waals surface area contributed by atoms with Crippen LogP contribution in [0.15, 0.2) is 55.4 Å². The Labute approximate surface area is 133 Å². The van der Waals surface area contributed by atoms with E-state index in [-0.39, 0.29) is 5.91 Å². The molecule has 0 radical (unpaired) electrons. The van der Waals surface area contributed by atoms with Crippen molar-refractivity contribution < 1.29 is 4.79 Å². The van der Waals surface area contributed by atoms with Gasteiger partial charge in [0.1, 0.15) is 24.3 Å². The van der Waals surface area contributed by atoms with Crippen LogP contribution in [0.5, 0.6) is 0 Å². The first-order valence-electron chi connectivity index (χ1n) is 7.22. The van der Waals surface area contributed by atoms with Crippen LogP contribution in [0.4, 0.5) is 17.2 Å². The van der Waals surface area contributed by atoms with Crippen molar-refractivity contribution in [1.82, 2.24) is 19.5 Å². The fourth-order valence-corrected chi connectivity index (χ4v) is 1.99. The summed E-state index contributed by atoms with van der Waals surface area (Å²) in [4.78, 5) is 23.8. The molecule has 1 aromatic carbocycles. The van der Waals surface area contributed by atoms with Gasteiger partial charge in [-0.25, -0.2) is 15.0 Å². The quantitative estimate of drug-likeness (QED) is 0.757. The molecule has 1 amide bonds. The maximum Gasteiger partial charge on any atom is 0.224 e. The summed E-state index contributed by atoms with van der Waals surface area (Å²) in [7, 11) is 0. The molecule has 0 unspecified atom stereocenters. The van der Waals surface area contributed by atoms with Gasteiger partial charge in [0.2, 0.25) is 5.91 Å². The lowest BCUT2D eigenvalue weighted by Crippen LogP contribution is -2.09. The molecule has 0 fully saturated rings. The van der Waals surface area contributed by atoms with E-state index in [1.807, 2.05) is 43.5 Å². The Morgan fingerprint density at radius 1 is 1.17 bits per heavy atom. The van der Waals surface area contributed by atoms with E-state index in [0.717, 1.165) is 17.2 Å². The number of anilines is 3. The van der Waals surface area contributed by atoms with Crippen LogP contribution >= 0.6 is 0 Å². The largest absolute Gasteiger partial charge is 0.340 e. The highest BCUT2D eigenvalue weighted by Gasteiger charge is 2.02. The van der Waals surface area contributed by atoms with Crippen LogP contribution in [0.1, 0.15) is 13.3 Å². The minimum Gasteiger partial charge on any atom is -0.340 e. The standard InChI is InChI=1S/C16H16N6O/c1-2-16(23)21-13-5-3-12(4-6-13)20-14-9-15(19-10-18-14)22-8-7-17-11-22/h3-11H,2H2,1H3,(H,21,23)(H,18,19,20). The summed E-state index contributed by atoms with van der Waals surface area (Å²) in [5, 5.41) is 6.01. The summed E-state index contributed by atoms with van der Waals surface area (Å²) in [5.74, 6) is 1.40. The second-order valence-electron chi connectivity index (χ2n) is 4.84. The lowest BCUT2D eigenvalue weighted by atomic mass is 10.2. The third kappa shape index (κ3) is 3.70. The van der Waals surface area contributed by atoms with Crippen molar-refractivity contribution in [2.24, 2.45) is 0 Å². The molecule has 7 heteroatoms. The highest BCUT2D eigenvalue weighted by Crippen LogP contribution is 2.18. The van der Waals surface area contributed by atoms with Crippen LogP contribution < -0.4 is 10.6 Å². The number of hydrogen-bond donors (Lipinski definition) is 2. The molecule has 0 bridgehead atoms. The number of amides is 1. The number of hydrogen-bond acceptors (Lipinski definition) is 5. The Bertz CT molecular complexity index is 783. The highest BCUT2D eigenvalue weighted by molar-refractivity contribution is 5.90. The molecule has 0 aliphatic rings. The van der Waals surface area contributed by atoms with Crippen molar-refractivity contribution in [3.63, 3.8) is 0 Å². The second kappa shape index (κ2) is 6.69. The molecule has 0 saturated carbocycles. The third-order valence-electron chi connectivity index (χ3n) is 3.18. The number of nitrogens with one attached hydrogen (secondary N) is 2. The lowest BCUT2D eigenvalue weighted by molar-refractivity contribution is -0.115. The molecule has 2 N–H and O–H groups in total. The van der Waals surface area contributed by atoms with Crippen LogP contribution in [-0.4, -0.2) is 25.4 Å². The van der Waals surface area contributed by atoms with E-state index in [1.54, 1.807) is 17.1 Å². The van der Waals surface area contributed by atoms with Gasteiger partial charge in [-0.1, -0.05) is 6.92 Å². The molecule has 23 heavy (non-hydrogen) atoms. The zero-order valence-electron chi connectivity index (χ0n) is 12.6. The number of rotatable bonds is 5. The average molecular weight is 308 g/mol. The molecule has 3 aromatic rings. The lowest BCUT2D eigenvalue weighted by Gasteiger charge is -2.08. The summed E-state index contributed by atoms with van der Waals surface area (Å²) < 4.78 is 1.80. The number of benzene rings is 1. The van der Waals surface area contributed by atoms with E-state index in [0.29, 0.717) is 12.2 Å². The number of imidazole rings is 1. The van der Waals surface area contributed by atoms with Gasteiger partial charge < -0.3 is 10.6 Å². The van der Waals surface area contributed by atoms with E-state index in [4.69, 9.17) is 0 Å². The number of aromatic nitrogens is 4. The van der Waals surface area contributed by atoms with Crippen LogP contribution in [-0.2, 0) is 4.79 Å². The van der Waals surface area contributed by atoms with E-state index in [1.165, 1.54) is 6.33 Å². The van der Waals surface area contributed by atoms with E-state index < -0.39 is 0 Å². The predicted octanol–water partition coefficient (Wildman–Crippen LogP) is 2.75. The van der Waals surface area contributed by atoms with Crippen molar-refractivity contribution in [2.75, 3.05) is 10.6 Å². The minimum atomic E-state index is -0.00789. The molecule has 2 heterocycles. The predicted molar refractivity (Wildman–Crippen MR) is 87.8 cm³/mol. The fraction of sp³-hybridized carbons (Fsp3) is 0.125. The Morgan fingerprint density at radius 2 is 1.96 bits per heavy atom. The zero-order chi connectivity index (χ0) is 16.1. The molecule has 0 atom stereocenters. The van der Waals surface area contributed by atoms with E-state index in [9.17, 15) is 4.79 Å². The van der Waals surface area contributed by atoms with Gasteiger partial charge in [0.25, 0.3) is 0 Å². The molecule has 0 spiro atoms. The van der Waals surface area contributed by atoms with Crippen molar-refractivity contribution >= 4 is 23.1 Å². The van der Waals surface area contributed by atoms with Crippen molar-refractivity contribution in [1.29, 1.82) is 0 Å². The topological polar surface area (TPSA) is 84.7 Å². The summed E-state index contributed by atoms with van der Waals surface area (Å²) in [6.07, 6.45) is 7.14. The normalized spacial score (nSPS) is 10.3. The number of carbonyl (C=O) groups excluding carboxylic acids is 1. The van der Waals surface area contributed by atoms with Crippen LogP contribution in [0.25, 0.3) is 5.82 Å². The molecule has 0 aliphatic heterocycles. The van der Waals surface area contributed by atoms with Crippen molar-refractivity contribution in [3.8, 4) is 5.82 Å². The monoisotopic (exact) mass is 308 g/mol. The Kier molecular flexibility index (Phi) is 4.28. The Hall–Kier alpha value is -3.22. The van der Waals surface area contributed by atoms with Gasteiger partial charge in [0.15, 0.2) is 0 Å². The number of carbonyl (C=O) groups is 1. The first-order chi connectivity index (χ1) is 11.2. The first kappa shape index (κ1) is 14.7. The zero-order valence-corrected chi connectivity index (χ0v) is 12.6. The summed E-state index contributed by atoms with van der Waals surface area (Å²) in [6.45, 7) is 1.82. The fourth-order valence-electron chi connectivity index (χ4n) is 1.99. The van der Waals surface area contributed by atoms with E-state index in [2.05, 4.69) is 25.6 Å². The van der Waals surface area contributed by atoms with Crippen LogP contribution in [0.3, 0.4) is 0 Å². The van der Waals surface area contributed by atoms with Crippen LogP contribution in [0, 0.1) is 0 Å². The molecular weight excluding hydrogens is 292 g/mol. The maximum atomic E-state index is 11.4. The van der Waals surface area contributed by atoms with Gasteiger partial charge in [-0.05, 0) is 24.3 Å². The second-order valence-corrected chi connectivity index (χ2v) is 4.84. The van der Waals surface area contributed by atoms with Crippen molar-refractivity contribution in [2.45, 2.75) is 13.3 Å². The number of nitrogens with zero attached hydrogens (tertiary/aromatic N) is 4. The average Bonchev–Trinajstić information content (AvgIpc) is 3.11. The van der Waals surface area contributed by atoms with Gasteiger partial charge in [-0.15, -0.1) is 0 Å². The summed E-state index contributed by atoms with van der Waals surface area (Å²) in [5.41, 5.74) is 1.64. The van der Waals surface area contributed by atoms with Crippen molar-refractivity contribution in [3.05, 3.63) is 55.4 Å². The molecule has 116 valence electrons. The Morgan fingerprint density at radius 3 is 2.65 bits per heavy atom. The van der Waals surface area contributed by atoms with Gasteiger partial charge >= 0.3 is 0 Å². The SMILES string of the molecule is CCC(=O)Nc1ccc(Nc2cc(-n3ccnc3)ncn2)cc1. The molecule has 0 aliphatic carbocycles. The first-order valence-corrected chi connectivity index (χ1v) is 7.22. The Balaban J connectivity index is 1.72. The molecule has 3 rings (SSSR count). The molecule has 0 saturated heterocycles. The molecule has 2 aromatic heterocycles. The van der Waals surface area contributed by atoms with Gasteiger partial charge in [-0.3, -0.25) is 9.36 Å².